The van der Waals surface area contributed by atoms with Gasteiger partial charge in [0.1, 0.15) is 0 Å². The maximum Gasteiger partial charge on any atom is 0.306 e. The van der Waals surface area contributed by atoms with Gasteiger partial charge in [-0.05, 0) is 18.6 Å². The molecule has 3 nitrogen and oxygen atoms in total. The van der Waals surface area contributed by atoms with Gasteiger partial charge in [0.25, 0.3) is 0 Å². The van der Waals surface area contributed by atoms with Crippen molar-refractivity contribution in [2.45, 2.75) is 13.3 Å². The zero-order valence-corrected chi connectivity index (χ0v) is 9.58. The lowest BCUT2D eigenvalue weighted by atomic mass is 10.0. The third-order valence-electron chi connectivity index (χ3n) is 2.11. The summed E-state index contributed by atoms with van der Waals surface area (Å²) in [6, 6.07) is 2.56. The molecule has 0 bridgehead atoms. The molecule has 0 aliphatic rings. The van der Waals surface area contributed by atoms with Crippen LogP contribution in [0.5, 0.6) is 5.75 Å². The molecule has 15 heavy (non-hydrogen) atoms. The number of carboxylic acids is 1. The first-order valence-corrected chi connectivity index (χ1v) is 5.11. The van der Waals surface area contributed by atoms with Crippen LogP contribution in [-0.2, 0) is 11.2 Å². The van der Waals surface area contributed by atoms with Crippen molar-refractivity contribution >= 4 is 21.9 Å². The second-order valence-corrected chi connectivity index (χ2v) is 4.15. The molecule has 82 valence electrons. The molecule has 2 N–H and O–H groups in total. The van der Waals surface area contributed by atoms with E-state index in [4.69, 9.17) is 5.11 Å². The predicted octanol–water partition coefficient (Wildman–Crippen LogP) is 2.56. The Morgan fingerprint density at radius 1 is 1.60 bits per heavy atom. The van der Waals surface area contributed by atoms with E-state index in [1.165, 1.54) is 13.0 Å². The Balaban J connectivity index is 3.03. The Bertz CT molecular complexity index is 392. The summed E-state index contributed by atoms with van der Waals surface area (Å²) in [5.41, 5.74) is 0.282. The third kappa shape index (κ3) is 2.68. The first kappa shape index (κ1) is 12.0. The van der Waals surface area contributed by atoms with Crippen LogP contribution in [0.25, 0.3) is 0 Å². The summed E-state index contributed by atoms with van der Waals surface area (Å²) >= 11 is 3.14. The molecule has 0 fully saturated rings. The minimum absolute atomic E-state index is 0.0828. The van der Waals surface area contributed by atoms with Crippen LogP contribution in [0.3, 0.4) is 0 Å². The second-order valence-electron chi connectivity index (χ2n) is 3.30. The van der Waals surface area contributed by atoms with E-state index in [9.17, 15) is 14.3 Å². The van der Waals surface area contributed by atoms with Crippen LogP contribution in [0, 0.1) is 11.7 Å². The van der Waals surface area contributed by atoms with E-state index in [2.05, 4.69) is 15.9 Å². The number of carboxylic acid groups (broad SMARTS) is 1. The molecule has 0 amide bonds. The van der Waals surface area contributed by atoms with Crippen molar-refractivity contribution in [2.24, 2.45) is 5.92 Å². The molecule has 1 unspecified atom stereocenters. The molecule has 0 spiro atoms. The van der Waals surface area contributed by atoms with Crippen molar-refractivity contribution < 1.29 is 19.4 Å². The number of carbonyl (C=O) groups is 1. The molecule has 0 aliphatic heterocycles. The normalized spacial score (nSPS) is 12.5. The molecule has 1 aromatic carbocycles. The molecule has 0 aliphatic carbocycles. The topological polar surface area (TPSA) is 57.5 Å². The summed E-state index contributed by atoms with van der Waals surface area (Å²) in [5.74, 6) is -2.89. The summed E-state index contributed by atoms with van der Waals surface area (Å²) in [5, 5.41) is 18.1. The molecule has 0 saturated heterocycles. The van der Waals surface area contributed by atoms with E-state index < -0.39 is 23.5 Å². The second kappa shape index (κ2) is 4.61. The van der Waals surface area contributed by atoms with Crippen molar-refractivity contribution in [1.29, 1.82) is 0 Å². The molecule has 1 rings (SSSR count). The summed E-state index contributed by atoms with van der Waals surface area (Å²) in [6.45, 7) is 1.50. The molecule has 0 radical (unpaired) electrons. The van der Waals surface area contributed by atoms with Gasteiger partial charge in [0, 0.05) is 10.0 Å². The summed E-state index contributed by atoms with van der Waals surface area (Å²) < 4.78 is 13.5. The monoisotopic (exact) mass is 276 g/mol. The van der Waals surface area contributed by atoms with E-state index in [-0.39, 0.29) is 12.0 Å². The van der Waals surface area contributed by atoms with E-state index >= 15 is 0 Å². The van der Waals surface area contributed by atoms with Crippen LogP contribution < -0.4 is 0 Å². The van der Waals surface area contributed by atoms with E-state index in [1.807, 2.05) is 0 Å². The van der Waals surface area contributed by atoms with Crippen LogP contribution in [0.2, 0.25) is 0 Å². The summed E-state index contributed by atoms with van der Waals surface area (Å²) in [4.78, 5) is 10.6. The van der Waals surface area contributed by atoms with Crippen molar-refractivity contribution in [3.8, 4) is 5.75 Å². The van der Waals surface area contributed by atoms with Gasteiger partial charge in [0.15, 0.2) is 11.6 Å². The maximum atomic E-state index is 13.0. The van der Waals surface area contributed by atoms with Crippen LogP contribution in [0.4, 0.5) is 4.39 Å². The minimum Gasteiger partial charge on any atom is -0.505 e. The number of benzene rings is 1. The van der Waals surface area contributed by atoms with E-state index in [0.29, 0.717) is 4.47 Å². The van der Waals surface area contributed by atoms with Crippen molar-refractivity contribution in [3.63, 3.8) is 0 Å². The van der Waals surface area contributed by atoms with Gasteiger partial charge in [0.05, 0.1) is 5.92 Å². The Morgan fingerprint density at radius 3 is 2.73 bits per heavy atom. The highest BCUT2D eigenvalue weighted by atomic mass is 79.9. The van der Waals surface area contributed by atoms with Gasteiger partial charge in [-0.2, -0.15) is 0 Å². The highest BCUT2D eigenvalue weighted by Crippen LogP contribution is 2.30. The fraction of sp³-hybridized carbons (Fsp3) is 0.300. The lowest BCUT2D eigenvalue weighted by Crippen LogP contribution is -2.12. The molecule has 1 aromatic rings. The van der Waals surface area contributed by atoms with Crippen LogP contribution in [0.1, 0.15) is 12.5 Å². The third-order valence-corrected chi connectivity index (χ3v) is 2.85. The highest BCUT2D eigenvalue weighted by molar-refractivity contribution is 9.10. The largest absolute Gasteiger partial charge is 0.505 e. The first-order chi connectivity index (χ1) is 6.93. The Morgan fingerprint density at radius 2 is 2.20 bits per heavy atom. The zero-order valence-electron chi connectivity index (χ0n) is 8.00. The number of rotatable bonds is 3. The summed E-state index contributed by atoms with van der Waals surface area (Å²) in [6.07, 6.45) is 0.0828. The van der Waals surface area contributed by atoms with Crippen molar-refractivity contribution in [1.82, 2.24) is 0 Å². The lowest BCUT2D eigenvalue weighted by Gasteiger charge is -2.10. The van der Waals surface area contributed by atoms with Gasteiger partial charge in [-0.25, -0.2) is 4.39 Å². The van der Waals surface area contributed by atoms with E-state index in [1.54, 1.807) is 0 Å². The molecule has 0 heterocycles. The van der Waals surface area contributed by atoms with Crippen LogP contribution >= 0.6 is 15.9 Å². The van der Waals surface area contributed by atoms with Gasteiger partial charge in [-0.1, -0.05) is 22.9 Å². The molecular weight excluding hydrogens is 267 g/mol. The SMILES string of the molecule is CC(Cc1c(Br)ccc(F)c1O)C(=O)O. The van der Waals surface area contributed by atoms with Crippen LogP contribution in [-0.4, -0.2) is 16.2 Å². The average Bonchev–Trinajstić information content (AvgIpc) is 2.18. The predicted molar refractivity (Wildman–Crippen MR) is 56.3 cm³/mol. The quantitative estimate of drug-likeness (QED) is 0.892. The minimum atomic E-state index is -0.981. The number of phenols is 1. The fourth-order valence-corrected chi connectivity index (χ4v) is 1.65. The van der Waals surface area contributed by atoms with Gasteiger partial charge in [-0.15, -0.1) is 0 Å². The smallest absolute Gasteiger partial charge is 0.306 e. The number of aromatic hydroxyl groups is 1. The Kier molecular flexibility index (Phi) is 3.68. The molecule has 1 atom stereocenters. The average molecular weight is 277 g/mol. The van der Waals surface area contributed by atoms with Gasteiger partial charge in [0.2, 0.25) is 0 Å². The van der Waals surface area contributed by atoms with Gasteiger partial charge < -0.3 is 10.2 Å². The lowest BCUT2D eigenvalue weighted by molar-refractivity contribution is -0.141. The highest BCUT2D eigenvalue weighted by Gasteiger charge is 2.18. The molecule has 0 saturated carbocycles. The zero-order chi connectivity index (χ0) is 11.6. The van der Waals surface area contributed by atoms with Gasteiger partial charge >= 0.3 is 5.97 Å². The standard InChI is InChI=1S/C10H10BrFO3/c1-5(10(14)15)4-6-7(11)2-3-8(12)9(6)13/h2-3,5,13H,4H2,1H3,(H,14,15). The Labute approximate surface area is 94.7 Å². The first-order valence-electron chi connectivity index (χ1n) is 4.32. The number of halogens is 2. The molecule has 5 heteroatoms. The van der Waals surface area contributed by atoms with Crippen LogP contribution in [0.15, 0.2) is 16.6 Å². The fourth-order valence-electron chi connectivity index (χ4n) is 1.17. The van der Waals surface area contributed by atoms with Crippen molar-refractivity contribution in [3.05, 3.63) is 28.0 Å². The number of hydrogen-bond donors (Lipinski definition) is 2. The Hall–Kier alpha value is -1.10. The number of hydrogen-bond acceptors (Lipinski definition) is 2. The number of aliphatic carboxylic acids is 1. The number of phenolic OH excluding ortho intramolecular Hbond substituents is 1. The van der Waals surface area contributed by atoms with Crippen molar-refractivity contribution in [2.75, 3.05) is 0 Å². The summed E-state index contributed by atoms with van der Waals surface area (Å²) in [7, 11) is 0. The van der Waals surface area contributed by atoms with E-state index in [0.717, 1.165) is 6.07 Å². The van der Waals surface area contributed by atoms with Gasteiger partial charge in [-0.3, -0.25) is 4.79 Å². The maximum absolute atomic E-state index is 13.0. The molecular formula is C10H10BrFO3. The molecule has 0 aromatic heterocycles.